The predicted molar refractivity (Wildman–Crippen MR) is 137 cm³/mol. The lowest BCUT2D eigenvalue weighted by molar-refractivity contribution is -0.118. The zero-order chi connectivity index (χ0) is 23.9. The van der Waals surface area contributed by atoms with Gasteiger partial charge in [-0.3, -0.25) is 9.69 Å². The molecule has 4 rings (SSSR count). The van der Waals surface area contributed by atoms with Crippen LogP contribution in [0.15, 0.2) is 54.6 Å². The normalized spacial score (nSPS) is 14.8. The van der Waals surface area contributed by atoms with E-state index in [0.717, 1.165) is 61.4 Å². The first-order valence-electron chi connectivity index (χ1n) is 11.7. The van der Waals surface area contributed by atoms with Gasteiger partial charge in [-0.15, -0.1) is 0 Å². The van der Waals surface area contributed by atoms with Gasteiger partial charge < -0.3 is 19.7 Å². The fourth-order valence-electron chi connectivity index (χ4n) is 4.02. The third kappa shape index (κ3) is 6.86. The first-order chi connectivity index (χ1) is 16.5. The number of rotatable bonds is 9. The van der Waals surface area contributed by atoms with Crippen molar-refractivity contribution in [3.63, 3.8) is 0 Å². The zero-order valence-corrected chi connectivity index (χ0v) is 20.6. The van der Waals surface area contributed by atoms with Crippen molar-refractivity contribution in [2.75, 3.05) is 52.9 Å². The Morgan fingerprint density at radius 1 is 0.971 bits per heavy atom. The maximum Gasteiger partial charge on any atom is 0.216 e. The second-order valence-electron chi connectivity index (χ2n) is 8.76. The van der Waals surface area contributed by atoms with Crippen molar-refractivity contribution < 1.29 is 14.3 Å². The fraction of sp³-hybridized carbons (Fsp3) is 0.370. The summed E-state index contributed by atoms with van der Waals surface area (Å²) in [5.74, 6) is 2.06. The molecule has 0 unspecified atom stereocenters. The summed E-state index contributed by atoms with van der Waals surface area (Å²) in [7, 11) is 2.16. The molecule has 1 saturated heterocycles. The Hall–Kier alpha value is -2.80. The first kappa shape index (κ1) is 24.3. The van der Waals surface area contributed by atoms with E-state index in [1.54, 1.807) is 0 Å². The number of nitrogens with one attached hydrogen (secondary N) is 1. The fourth-order valence-corrected chi connectivity index (χ4v) is 4.23. The molecule has 0 atom stereocenters. The van der Waals surface area contributed by atoms with Crippen LogP contribution in [-0.4, -0.2) is 68.6 Å². The monoisotopic (exact) mass is 481 g/mol. The van der Waals surface area contributed by atoms with Gasteiger partial charge in [0, 0.05) is 52.3 Å². The van der Waals surface area contributed by atoms with Gasteiger partial charge in [-0.25, -0.2) is 0 Å². The number of amides is 1. The molecule has 1 N–H and O–H groups in total. The number of hydrogen-bond donors (Lipinski definition) is 1. The molecule has 3 aromatic carbocycles. The van der Waals surface area contributed by atoms with E-state index < -0.39 is 0 Å². The number of nitrogens with zero attached hydrogens (tertiary/aromatic N) is 2. The molecule has 180 valence electrons. The van der Waals surface area contributed by atoms with Crippen LogP contribution < -0.4 is 14.8 Å². The van der Waals surface area contributed by atoms with Crippen molar-refractivity contribution in [2.45, 2.75) is 13.3 Å². The lowest BCUT2D eigenvalue weighted by atomic mass is 10.0. The lowest BCUT2D eigenvalue weighted by Gasteiger charge is -2.32. The number of carbonyl (C=O) groups is 1. The van der Waals surface area contributed by atoms with Gasteiger partial charge in [0.1, 0.15) is 23.9 Å². The molecule has 3 aromatic rings. The zero-order valence-electron chi connectivity index (χ0n) is 19.9. The van der Waals surface area contributed by atoms with E-state index in [9.17, 15) is 4.79 Å². The number of piperazine rings is 1. The molecule has 0 aromatic heterocycles. The van der Waals surface area contributed by atoms with E-state index in [-0.39, 0.29) is 5.91 Å². The van der Waals surface area contributed by atoms with E-state index in [0.29, 0.717) is 23.9 Å². The quantitative estimate of drug-likeness (QED) is 0.484. The molecule has 0 radical (unpaired) electrons. The van der Waals surface area contributed by atoms with Crippen LogP contribution >= 0.6 is 11.6 Å². The third-order valence-electron chi connectivity index (χ3n) is 6.07. The van der Waals surface area contributed by atoms with Crippen LogP contribution in [0.3, 0.4) is 0 Å². The minimum atomic E-state index is -0.00788. The summed E-state index contributed by atoms with van der Waals surface area (Å²) in [4.78, 5) is 15.8. The highest BCUT2D eigenvalue weighted by molar-refractivity contribution is 6.32. The van der Waals surface area contributed by atoms with Crippen molar-refractivity contribution >= 4 is 28.3 Å². The number of ether oxygens (including phenoxy) is 2. The summed E-state index contributed by atoms with van der Waals surface area (Å²) in [6, 6.07) is 17.8. The van der Waals surface area contributed by atoms with Gasteiger partial charge in [-0.05, 0) is 54.1 Å². The maximum absolute atomic E-state index is 11.0. The van der Waals surface area contributed by atoms with Crippen LogP contribution in [-0.2, 0) is 11.2 Å². The summed E-state index contributed by atoms with van der Waals surface area (Å²) in [6.45, 7) is 8.09. The highest BCUT2D eigenvalue weighted by atomic mass is 35.5. The number of carbonyl (C=O) groups excluding carboxylic acids is 1. The van der Waals surface area contributed by atoms with Crippen molar-refractivity contribution in [1.29, 1.82) is 0 Å². The highest BCUT2D eigenvalue weighted by Crippen LogP contribution is 2.33. The summed E-state index contributed by atoms with van der Waals surface area (Å²) in [5, 5.41) is 5.56. The molecule has 1 amide bonds. The minimum absolute atomic E-state index is 0.00788. The Bertz CT molecular complexity index is 1130. The van der Waals surface area contributed by atoms with Crippen LogP contribution in [0, 0.1) is 0 Å². The van der Waals surface area contributed by atoms with Crippen molar-refractivity contribution in [1.82, 2.24) is 15.1 Å². The third-order valence-corrected chi connectivity index (χ3v) is 6.36. The molecule has 1 heterocycles. The Morgan fingerprint density at radius 3 is 2.47 bits per heavy atom. The van der Waals surface area contributed by atoms with Gasteiger partial charge in [0.15, 0.2) is 0 Å². The van der Waals surface area contributed by atoms with Crippen LogP contribution in [0.5, 0.6) is 17.2 Å². The van der Waals surface area contributed by atoms with Crippen molar-refractivity contribution in [3.05, 3.63) is 65.2 Å². The van der Waals surface area contributed by atoms with Crippen molar-refractivity contribution in [3.8, 4) is 17.2 Å². The molecule has 1 aliphatic rings. The molecule has 0 saturated carbocycles. The molecular weight excluding hydrogens is 450 g/mol. The van der Waals surface area contributed by atoms with Crippen LogP contribution in [0.25, 0.3) is 10.8 Å². The Balaban J connectivity index is 1.32. The Morgan fingerprint density at radius 2 is 1.71 bits per heavy atom. The molecule has 1 fully saturated rings. The Kier molecular flexibility index (Phi) is 8.27. The van der Waals surface area contributed by atoms with Gasteiger partial charge in [-0.1, -0.05) is 35.9 Å². The molecule has 34 heavy (non-hydrogen) atoms. The van der Waals surface area contributed by atoms with Gasteiger partial charge >= 0.3 is 0 Å². The van der Waals surface area contributed by atoms with Crippen molar-refractivity contribution in [2.24, 2.45) is 0 Å². The topological polar surface area (TPSA) is 54.0 Å². The van der Waals surface area contributed by atoms with Gasteiger partial charge in [0.05, 0.1) is 5.02 Å². The Labute approximate surface area is 206 Å². The van der Waals surface area contributed by atoms with Crippen LogP contribution in [0.1, 0.15) is 12.5 Å². The van der Waals surface area contributed by atoms with E-state index in [1.165, 1.54) is 12.5 Å². The second kappa shape index (κ2) is 11.6. The molecule has 0 bridgehead atoms. The van der Waals surface area contributed by atoms with Crippen LogP contribution in [0.4, 0.5) is 0 Å². The van der Waals surface area contributed by atoms with E-state index in [1.807, 2.05) is 36.4 Å². The number of hydrogen-bond acceptors (Lipinski definition) is 5. The summed E-state index contributed by atoms with van der Waals surface area (Å²) >= 11 is 6.48. The van der Waals surface area contributed by atoms with E-state index in [4.69, 9.17) is 21.1 Å². The first-order valence-corrected chi connectivity index (χ1v) is 12.1. The maximum atomic E-state index is 11.0. The summed E-state index contributed by atoms with van der Waals surface area (Å²) in [5.41, 5.74) is 1.18. The average molecular weight is 482 g/mol. The molecule has 6 nitrogen and oxygen atoms in total. The van der Waals surface area contributed by atoms with Gasteiger partial charge in [0.25, 0.3) is 0 Å². The highest BCUT2D eigenvalue weighted by Gasteiger charge is 2.13. The molecule has 0 spiro atoms. The molecule has 0 aliphatic carbocycles. The second-order valence-corrected chi connectivity index (χ2v) is 9.17. The molecular formula is C27H32ClN3O3. The van der Waals surface area contributed by atoms with Gasteiger partial charge in [0.2, 0.25) is 5.91 Å². The van der Waals surface area contributed by atoms with E-state index in [2.05, 4.69) is 40.4 Å². The number of fused-ring (bicyclic) bond motifs is 1. The lowest BCUT2D eigenvalue weighted by Crippen LogP contribution is -2.45. The SMILES string of the molecule is CC(=O)NCCc1ccc2cc(Oc3ccc(OCCN4CCN(C)CC4)cc3Cl)ccc2c1. The largest absolute Gasteiger partial charge is 0.492 e. The summed E-state index contributed by atoms with van der Waals surface area (Å²) in [6.07, 6.45) is 0.799. The minimum Gasteiger partial charge on any atom is -0.492 e. The van der Waals surface area contributed by atoms with E-state index >= 15 is 0 Å². The number of likely N-dealkylation sites (N-methyl/N-ethyl adjacent to an activating group) is 1. The predicted octanol–water partition coefficient (Wildman–Crippen LogP) is 4.59. The standard InChI is InChI=1S/C27H32ClN3O3/c1-20(32)29-10-9-21-3-4-23-18-25(6-5-22(23)17-21)34-27-8-7-24(19-26(27)28)33-16-15-31-13-11-30(2)12-14-31/h3-8,17-19H,9-16H2,1-2H3,(H,29,32). The van der Waals surface area contributed by atoms with Gasteiger partial charge in [-0.2, -0.15) is 0 Å². The average Bonchev–Trinajstić information content (AvgIpc) is 2.82. The number of halogens is 1. The number of benzene rings is 3. The summed E-state index contributed by atoms with van der Waals surface area (Å²) < 4.78 is 12.0. The smallest absolute Gasteiger partial charge is 0.216 e. The molecule has 1 aliphatic heterocycles. The molecule has 7 heteroatoms. The van der Waals surface area contributed by atoms with Crippen LogP contribution in [0.2, 0.25) is 5.02 Å².